The molecule has 0 bridgehead atoms. The van der Waals surface area contributed by atoms with Crippen LogP contribution in [0.25, 0.3) is 10.9 Å². The molecular formula is C11H6ClNO4. The molecule has 1 aromatic carbocycles. The summed E-state index contributed by atoms with van der Waals surface area (Å²) >= 11 is 5.80. The lowest BCUT2D eigenvalue weighted by atomic mass is 10.0. The number of halogens is 1. The summed E-state index contributed by atoms with van der Waals surface area (Å²) < 4.78 is 4.61. The zero-order chi connectivity index (χ0) is 12.2. The number of pyridine rings is 1. The minimum absolute atomic E-state index is 0.146. The number of nitrogens with one attached hydrogen (secondary N) is 1. The average Bonchev–Trinajstić information content (AvgIpc) is 2.55. The molecular weight excluding hydrogens is 246 g/mol. The van der Waals surface area contributed by atoms with E-state index in [4.69, 9.17) is 11.6 Å². The number of esters is 1. The van der Waals surface area contributed by atoms with Gasteiger partial charge in [0.2, 0.25) is 6.29 Å². The number of cyclic esters (lactones) is 1. The van der Waals surface area contributed by atoms with Gasteiger partial charge in [-0.3, -0.25) is 4.79 Å². The van der Waals surface area contributed by atoms with Gasteiger partial charge < -0.3 is 14.8 Å². The van der Waals surface area contributed by atoms with Crippen molar-refractivity contribution in [1.29, 1.82) is 0 Å². The number of aromatic nitrogens is 1. The molecule has 5 nitrogen and oxygen atoms in total. The fourth-order valence-corrected chi connectivity index (χ4v) is 2.15. The third-order valence-electron chi connectivity index (χ3n) is 2.69. The lowest BCUT2D eigenvalue weighted by Gasteiger charge is -2.05. The van der Waals surface area contributed by atoms with Crippen LogP contribution in [0.5, 0.6) is 0 Å². The molecule has 0 fully saturated rings. The van der Waals surface area contributed by atoms with Crippen molar-refractivity contribution in [2.75, 3.05) is 0 Å². The lowest BCUT2D eigenvalue weighted by Crippen LogP contribution is -2.16. The maximum atomic E-state index is 11.7. The van der Waals surface area contributed by atoms with E-state index in [0.29, 0.717) is 15.9 Å². The second-order valence-electron chi connectivity index (χ2n) is 3.69. The third-order valence-corrected chi connectivity index (χ3v) is 2.92. The summed E-state index contributed by atoms with van der Waals surface area (Å²) in [6, 6.07) is 4.78. The van der Waals surface area contributed by atoms with Crippen molar-refractivity contribution in [3.8, 4) is 0 Å². The standard InChI is InChI=1S/C11H6ClNO4/c12-4-1-2-5-6(3-4)13-9(14)8-7(5)10(15)17-11(8)16/h1-3,10,15H,(H,13,14)/t10-/m0/s1. The second kappa shape index (κ2) is 3.32. The molecule has 0 aliphatic carbocycles. The van der Waals surface area contributed by atoms with E-state index in [1.165, 1.54) is 0 Å². The van der Waals surface area contributed by atoms with Gasteiger partial charge >= 0.3 is 5.97 Å². The number of carbonyl (C=O) groups is 1. The summed E-state index contributed by atoms with van der Waals surface area (Å²) in [6.07, 6.45) is -1.40. The Balaban J connectivity index is 2.51. The summed E-state index contributed by atoms with van der Waals surface area (Å²) in [4.78, 5) is 25.6. The number of aromatic amines is 1. The Bertz CT molecular complexity index is 706. The van der Waals surface area contributed by atoms with Crippen LogP contribution in [0, 0.1) is 0 Å². The van der Waals surface area contributed by atoms with Gasteiger partial charge in [-0.15, -0.1) is 0 Å². The molecule has 86 valence electrons. The predicted molar refractivity (Wildman–Crippen MR) is 60.0 cm³/mol. The highest BCUT2D eigenvalue weighted by Crippen LogP contribution is 2.32. The molecule has 0 radical (unpaired) electrons. The van der Waals surface area contributed by atoms with E-state index in [1.54, 1.807) is 18.2 Å². The van der Waals surface area contributed by atoms with E-state index in [9.17, 15) is 14.7 Å². The highest BCUT2D eigenvalue weighted by molar-refractivity contribution is 6.31. The highest BCUT2D eigenvalue weighted by Gasteiger charge is 2.34. The van der Waals surface area contributed by atoms with Gasteiger partial charge in [-0.25, -0.2) is 4.79 Å². The first-order chi connectivity index (χ1) is 8.08. The van der Waals surface area contributed by atoms with Gasteiger partial charge in [0.1, 0.15) is 5.56 Å². The maximum Gasteiger partial charge on any atom is 0.346 e. The molecule has 3 rings (SSSR count). The number of ether oxygens (including phenoxy) is 1. The second-order valence-corrected chi connectivity index (χ2v) is 4.13. The normalized spacial score (nSPS) is 18.2. The number of carbonyl (C=O) groups excluding carboxylic acids is 1. The molecule has 0 spiro atoms. The minimum atomic E-state index is -1.40. The van der Waals surface area contributed by atoms with Crippen molar-refractivity contribution in [2.24, 2.45) is 0 Å². The Hall–Kier alpha value is -1.85. The average molecular weight is 252 g/mol. The molecule has 0 unspecified atom stereocenters. The third kappa shape index (κ3) is 1.36. The van der Waals surface area contributed by atoms with Gasteiger partial charge in [0.15, 0.2) is 0 Å². The first-order valence-electron chi connectivity index (χ1n) is 4.82. The summed E-state index contributed by atoms with van der Waals surface area (Å²) in [5, 5.41) is 10.6. The van der Waals surface area contributed by atoms with E-state index in [2.05, 4.69) is 9.72 Å². The van der Waals surface area contributed by atoms with Crippen LogP contribution in [0.1, 0.15) is 22.2 Å². The first kappa shape index (κ1) is 10.3. The smallest absolute Gasteiger partial charge is 0.346 e. The largest absolute Gasteiger partial charge is 0.428 e. The molecule has 1 atom stereocenters. The van der Waals surface area contributed by atoms with E-state index >= 15 is 0 Å². The monoisotopic (exact) mass is 251 g/mol. The van der Waals surface area contributed by atoms with Crippen molar-refractivity contribution in [3.05, 3.63) is 44.7 Å². The summed E-state index contributed by atoms with van der Waals surface area (Å²) in [7, 11) is 0. The molecule has 1 aliphatic rings. The van der Waals surface area contributed by atoms with Crippen LogP contribution in [0.15, 0.2) is 23.0 Å². The van der Waals surface area contributed by atoms with Crippen LogP contribution in [0.4, 0.5) is 0 Å². The molecule has 2 heterocycles. The molecule has 0 amide bonds. The first-order valence-corrected chi connectivity index (χ1v) is 5.20. The van der Waals surface area contributed by atoms with Crippen molar-refractivity contribution in [3.63, 3.8) is 0 Å². The highest BCUT2D eigenvalue weighted by atomic mass is 35.5. The summed E-state index contributed by atoms with van der Waals surface area (Å²) in [5.41, 5.74) is -0.0762. The van der Waals surface area contributed by atoms with Crippen LogP contribution in [-0.2, 0) is 4.74 Å². The molecule has 1 aliphatic heterocycles. The minimum Gasteiger partial charge on any atom is -0.428 e. The van der Waals surface area contributed by atoms with E-state index in [0.717, 1.165) is 0 Å². The maximum absolute atomic E-state index is 11.7. The molecule has 17 heavy (non-hydrogen) atoms. The van der Waals surface area contributed by atoms with Crippen molar-refractivity contribution < 1.29 is 14.6 Å². The Labute approximate surface area is 99.6 Å². The van der Waals surface area contributed by atoms with Crippen LogP contribution in [0.3, 0.4) is 0 Å². The quantitative estimate of drug-likeness (QED) is 0.693. The molecule has 2 N–H and O–H groups in total. The molecule has 1 aromatic heterocycles. The SMILES string of the molecule is O=C1O[C@H](O)c2c1c(=O)[nH]c1cc(Cl)ccc21. The Morgan fingerprint density at radius 2 is 2.12 bits per heavy atom. The van der Waals surface area contributed by atoms with Gasteiger partial charge in [0.25, 0.3) is 5.56 Å². The van der Waals surface area contributed by atoms with Crippen LogP contribution >= 0.6 is 11.6 Å². The number of aliphatic hydroxyl groups excluding tert-OH is 1. The van der Waals surface area contributed by atoms with Gasteiger partial charge in [0, 0.05) is 16.0 Å². The van der Waals surface area contributed by atoms with Gasteiger partial charge in [0.05, 0.1) is 5.52 Å². The molecule has 2 aromatic rings. The zero-order valence-electron chi connectivity index (χ0n) is 8.36. The molecule has 0 saturated heterocycles. The Kier molecular flexibility index (Phi) is 2.01. The van der Waals surface area contributed by atoms with Crippen molar-refractivity contribution >= 4 is 28.5 Å². The van der Waals surface area contributed by atoms with E-state index in [1.807, 2.05) is 0 Å². The van der Waals surface area contributed by atoms with Crippen molar-refractivity contribution in [2.45, 2.75) is 6.29 Å². The summed E-state index contributed by atoms with van der Waals surface area (Å²) in [5.74, 6) is -0.814. The van der Waals surface area contributed by atoms with Gasteiger partial charge in [-0.2, -0.15) is 0 Å². The Morgan fingerprint density at radius 1 is 1.35 bits per heavy atom. The zero-order valence-corrected chi connectivity index (χ0v) is 9.12. The fraction of sp³-hybridized carbons (Fsp3) is 0.0909. The number of benzene rings is 1. The van der Waals surface area contributed by atoms with Gasteiger partial charge in [-0.05, 0) is 12.1 Å². The number of hydrogen-bond donors (Lipinski definition) is 2. The molecule has 0 saturated carbocycles. The van der Waals surface area contributed by atoms with Crippen LogP contribution < -0.4 is 5.56 Å². The van der Waals surface area contributed by atoms with Crippen molar-refractivity contribution in [1.82, 2.24) is 4.98 Å². The number of fused-ring (bicyclic) bond motifs is 3. The fourth-order valence-electron chi connectivity index (χ4n) is 1.97. The van der Waals surface area contributed by atoms with Gasteiger partial charge in [-0.1, -0.05) is 17.7 Å². The number of aliphatic hydroxyl groups is 1. The van der Waals surface area contributed by atoms with E-state index in [-0.39, 0.29) is 11.1 Å². The summed E-state index contributed by atoms with van der Waals surface area (Å²) in [6.45, 7) is 0. The van der Waals surface area contributed by atoms with E-state index < -0.39 is 17.8 Å². The van der Waals surface area contributed by atoms with Crippen LogP contribution in [-0.4, -0.2) is 16.1 Å². The topological polar surface area (TPSA) is 79.4 Å². The number of rotatable bonds is 0. The molecule has 6 heteroatoms. The van der Waals surface area contributed by atoms with Crippen LogP contribution in [0.2, 0.25) is 5.02 Å². The lowest BCUT2D eigenvalue weighted by molar-refractivity contribution is -0.0540. The number of hydrogen-bond acceptors (Lipinski definition) is 4. The number of H-pyrrole nitrogens is 1. The predicted octanol–water partition coefficient (Wildman–Crippen LogP) is 1.34. The Morgan fingerprint density at radius 3 is 2.88 bits per heavy atom.